The Balaban J connectivity index is 0.00000200. The molecule has 0 amide bonds. The van der Waals surface area contributed by atoms with Crippen LogP contribution in [0.3, 0.4) is 0 Å². The first-order valence-corrected chi connectivity index (χ1v) is 6.86. The maximum absolute atomic E-state index is 5.98. The van der Waals surface area contributed by atoms with E-state index in [0.29, 0.717) is 32.3 Å². The first kappa shape index (κ1) is 17.9. The molecular weight excluding hydrogens is 373 g/mol. The van der Waals surface area contributed by atoms with Crippen molar-refractivity contribution < 1.29 is 14.2 Å². The summed E-state index contributed by atoms with van der Waals surface area (Å²) in [7, 11) is 0. The molecule has 2 rings (SSSR count). The third-order valence-corrected chi connectivity index (χ3v) is 3.14. The zero-order valence-electron chi connectivity index (χ0n) is 12.5. The van der Waals surface area contributed by atoms with Gasteiger partial charge < -0.3 is 25.3 Å². The van der Waals surface area contributed by atoms with Crippen LogP contribution in [0.2, 0.25) is 0 Å². The summed E-state index contributed by atoms with van der Waals surface area (Å²) in [4.78, 5) is 4.32. The highest BCUT2D eigenvalue weighted by atomic mass is 127. The average Bonchev–Trinajstić information content (AvgIpc) is 2.69. The summed E-state index contributed by atoms with van der Waals surface area (Å²) < 4.78 is 17.1. The molecule has 118 valence electrons. The van der Waals surface area contributed by atoms with Crippen LogP contribution >= 0.6 is 24.0 Å². The van der Waals surface area contributed by atoms with Crippen LogP contribution in [0.25, 0.3) is 0 Å². The molecule has 0 radical (unpaired) electrons. The number of nitrogens with zero attached hydrogens (tertiary/aromatic N) is 1. The Kier molecular flexibility index (Phi) is 6.49. The van der Waals surface area contributed by atoms with E-state index in [2.05, 4.69) is 10.3 Å². The fraction of sp³-hybridized carbons (Fsp3) is 0.923. The summed E-state index contributed by atoms with van der Waals surface area (Å²) in [5, 5.41) is 3.13. The van der Waals surface area contributed by atoms with Crippen molar-refractivity contribution in [2.45, 2.75) is 51.0 Å². The molecule has 0 aromatic carbocycles. The standard InChI is InChI=1S/C13H25N3O3.HI/c1-12(2,3)16-11(14)15-8-10-9-18-13(19-10)4-6-17-7-5-13;/h10H,4-9H2,1-3H3,(H3,14,15,16);1H. The molecule has 2 saturated heterocycles. The van der Waals surface area contributed by atoms with Crippen molar-refractivity contribution in [3.05, 3.63) is 0 Å². The van der Waals surface area contributed by atoms with E-state index in [-0.39, 0.29) is 35.6 Å². The number of guanidine groups is 1. The van der Waals surface area contributed by atoms with E-state index in [9.17, 15) is 0 Å². The Morgan fingerprint density at radius 3 is 2.60 bits per heavy atom. The van der Waals surface area contributed by atoms with Gasteiger partial charge in [0.15, 0.2) is 11.7 Å². The highest BCUT2D eigenvalue weighted by Crippen LogP contribution is 2.33. The molecule has 3 N–H and O–H groups in total. The highest BCUT2D eigenvalue weighted by molar-refractivity contribution is 14.0. The van der Waals surface area contributed by atoms with Gasteiger partial charge in [-0.05, 0) is 20.8 Å². The third kappa shape index (κ3) is 5.34. The van der Waals surface area contributed by atoms with Crippen LogP contribution in [0.15, 0.2) is 4.99 Å². The Hall–Kier alpha value is -0.120. The predicted molar refractivity (Wildman–Crippen MR) is 88.4 cm³/mol. The van der Waals surface area contributed by atoms with Crippen molar-refractivity contribution in [3.63, 3.8) is 0 Å². The quantitative estimate of drug-likeness (QED) is 0.415. The van der Waals surface area contributed by atoms with Crippen molar-refractivity contribution in [1.82, 2.24) is 5.32 Å². The van der Waals surface area contributed by atoms with Gasteiger partial charge in [-0.3, -0.25) is 4.99 Å². The van der Waals surface area contributed by atoms with Crippen LogP contribution in [0.4, 0.5) is 0 Å². The summed E-state index contributed by atoms with van der Waals surface area (Å²) in [5.41, 5.74) is 5.75. The summed E-state index contributed by atoms with van der Waals surface area (Å²) in [6.45, 7) is 8.63. The summed E-state index contributed by atoms with van der Waals surface area (Å²) in [6, 6.07) is 0. The normalized spacial score (nSPS) is 26.4. The Morgan fingerprint density at radius 2 is 2.00 bits per heavy atom. The van der Waals surface area contributed by atoms with E-state index in [0.717, 1.165) is 12.8 Å². The predicted octanol–water partition coefficient (Wildman–Crippen LogP) is 1.23. The fourth-order valence-electron chi connectivity index (χ4n) is 2.28. The van der Waals surface area contributed by atoms with Crippen LogP contribution in [-0.4, -0.2) is 49.8 Å². The number of nitrogens with two attached hydrogens (primary N) is 1. The van der Waals surface area contributed by atoms with Crippen LogP contribution in [-0.2, 0) is 14.2 Å². The largest absolute Gasteiger partial charge is 0.381 e. The van der Waals surface area contributed by atoms with Gasteiger partial charge in [-0.25, -0.2) is 0 Å². The molecule has 0 saturated carbocycles. The molecule has 0 bridgehead atoms. The molecule has 2 heterocycles. The monoisotopic (exact) mass is 399 g/mol. The average molecular weight is 399 g/mol. The number of halogens is 1. The summed E-state index contributed by atoms with van der Waals surface area (Å²) in [5.74, 6) is 0.00835. The maximum atomic E-state index is 5.98. The van der Waals surface area contributed by atoms with Crippen molar-refractivity contribution in [1.29, 1.82) is 0 Å². The molecule has 0 aromatic rings. The molecule has 7 heteroatoms. The number of aliphatic imine (C=N–C) groups is 1. The molecule has 1 spiro atoms. The smallest absolute Gasteiger partial charge is 0.189 e. The third-order valence-electron chi connectivity index (χ3n) is 3.14. The highest BCUT2D eigenvalue weighted by Gasteiger charge is 2.42. The van der Waals surface area contributed by atoms with Crippen LogP contribution in [0, 0.1) is 0 Å². The Labute approximate surface area is 137 Å². The van der Waals surface area contributed by atoms with E-state index in [1.54, 1.807) is 0 Å². The van der Waals surface area contributed by atoms with Gasteiger partial charge in [0.2, 0.25) is 0 Å². The topological polar surface area (TPSA) is 78.1 Å². The molecule has 2 fully saturated rings. The lowest BCUT2D eigenvalue weighted by atomic mass is 10.1. The van der Waals surface area contributed by atoms with E-state index in [1.165, 1.54) is 0 Å². The fourth-order valence-corrected chi connectivity index (χ4v) is 2.28. The van der Waals surface area contributed by atoms with E-state index in [4.69, 9.17) is 19.9 Å². The zero-order valence-corrected chi connectivity index (χ0v) is 14.8. The van der Waals surface area contributed by atoms with Crippen LogP contribution in [0.1, 0.15) is 33.6 Å². The second-order valence-corrected chi connectivity index (χ2v) is 6.17. The lowest BCUT2D eigenvalue weighted by Gasteiger charge is -2.31. The van der Waals surface area contributed by atoms with Gasteiger partial charge in [0.1, 0.15) is 6.10 Å². The molecule has 20 heavy (non-hydrogen) atoms. The number of hydrogen-bond donors (Lipinski definition) is 2. The molecule has 2 aliphatic heterocycles. The molecular formula is C13H26IN3O3. The van der Waals surface area contributed by atoms with Gasteiger partial charge in [0, 0.05) is 18.4 Å². The lowest BCUT2D eigenvalue weighted by Crippen LogP contribution is -2.45. The summed E-state index contributed by atoms with van der Waals surface area (Å²) >= 11 is 0. The van der Waals surface area contributed by atoms with E-state index in [1.807, 2.05) is 20.8 Å². The minimum atomic E-state index is -0.440. The lowest BCUT2D eigenvalue weighted by molar-refractivity contribution is -0.210. The summed E-state index contributed by atoms with van der Waals surface area (Å²) in [6.07, 6.45) is 1.57. The zero-order chi connectivity index (χ0) is 13.9. The minimum absolute atomic E-state index is 0. The number of hydrogen-bond acceptors (Lipinski definition) is 4. The number of nitrogens with one attached hydrogen (secondary N) is 1. The van der Waals surface area contributed by atoms with Gasteiger partial charge in [-0.15, -0.1) is 24.0 Å². The van der Waals surface area contributed by atoms with Crippen LogP contribution in [0.5, 0.6) is 0 Å². The number of rotatable bonds is 2. The second-order valence-electron chi connectivity index (χ2n) is 6.17. The molecule has 0 aromatic heterocycles. The SMILES string of the molecule is CC(C)(C)NC(N)=NCC1COC2(CCOCC2)O1.I. The van der Waals surface area contributed by atoms with Gasteiger partial charge in [-0.1, -0.05) is 0 Å². The van der Waals surface area contributed by atoms with Crippen LogP contribution < -0.4 is 11.1 Å². The molecule has 6 nitrogen and oxygen atoms in total. The van der Waals surface area contributed by atoms with Gasteiger partial charge >= 0.3 is 0 Å². The van der Waals surface area contributed by atoms with Crippen molar-refractivity contribution in [2.75, 3.05) is 26.4 Å². The molecule has 1 atom stereocenters. The first-order chi connectivity index (χ1) is 8.89. The first-order valence-electron chi connectivity index (χ1n) is 6.86. The molecule has 1 unspecified atom stereocenters. The van der Waals surface area contributed by atoms with Gasteiger partial charge in [0.05, 0.1) is 26.4 Å². The van der Waals surface area contributed by atoms with Crippen molar-refractivity contribution >= 4 is 29.9 Å². The molecule has 2 aliphatic rings. The molecule has 0 aliphatic carbocycles. The maximum Gasteiger partial charge on any atom is 0.189 e. The number of ether oxygens (including phenoxy) is 3. The Morgan fingerprint density at radius 1 is 1.35 bits per heavy atom. The van der Waals surface area contributed by atoms with Crippen molar-refractivity contribution in [3.8, 4) is 0 Å². The van der Waals surface area contributed by atoms with Gasteiger partial charge in [-0.2, -0.15) is 0 Å². The minimum Gasteiger partial charge on any atom is -0.381 e. The van der Waals surface area contributed by atoms with E-state index >= 15 is 0 Å². The van der Waals surface area contributed by atoms with Crippen molar-refractivity contribution in [2.24, 2.45) is 10.7 Å². The van der Waals surface area contributed by atoms with E-state index < -0.39 is 5.79 Å². The Bertz CT molecular complexity index is 338. The van der Waals surface area contributed by atoms with Gasteiger partial charge in [0.25, 0.3) is 0 Å². The second kappa shape index (κ2) is 7.24.